The molecule has 0 aliphatic heterocycles. The van der Waals surface area contributed by atoms with Gasteiger partial charge in [-0.3, -0.25) is 0 Å². The molecule has 2 heterocycles. The largest absolute Gasteiger partial charge is 0.353 e. The van der Waals surface area contributed by atoms with E-state index in [1.165, 1.54) is 4.40 Å². The van der Waals surface area contributed by atoms with Crippen molar-refractivity contribution in [3.63, 3.8) is 0 Å². The third kappa shape index (κ3) is 1.96. The van der Waals surface area contributed by atoms with Gasteiger partial charge in [-0.2, -0.15) is 5.10 Å². The molecule has 2 aromatic rings. The predicted molar refractivity (Wildman–Crippen MR) is 71.5 cm³/mol. The molecule has 2 aromatic heterocycles. The van der Waals surface area contributed by atoms with Crippen molar-refractivity contribution in [2.45, 2.75) is 26.3 Å². The second-order valence-electron chi connectivity index (χ2n) is 4.89. The van der Waals surface area contributed by atoms with E-state index < -0.39 is 0 Å². The van der Waals surface area contributed by atoms with Crippen molar-refractivity contribution in [3.8, 4) is 0 Å². The lowest BCUT2D eigenvalue weighted by Gasteiger charge is -2.34. The number of aromatic nitrogens is 4. The Kier molecular flexibility index (Phi) is 3.06. The van der Waals surface area contributed by atoms with E-state index in [4.69, 9.17) is 11.6 Å². The first-order chi connectivity index (χ1) is 8.36. The summed E-state index contributed by atoms with van der Waals surface area (Å²) in [6.45, 7) is 5.82. The van der Waals surface area contributed by atoms with Crippen molar-refractivity contribution in [1.82, 2.24) is 19.6 Å². The van der Waals surface area contributed by atoms with Crippen LogP contribution in [0.3, 0.4) is 0 Å². The molecular weight excluding hydrogens is 254 g/mol. The number of alkyl halides is 1. The molecular formula is C11H16ClN5O. The van der Waals surface area contributed by atoms with Crippen LogP contribution >= 0.6 is 11.6 Å². The van der Waals surface area contributed by atoms with Crippen molar-refractivity contribution in [2.24, 2.45) is 0 Å². The van der Waals surface area contributed by atoms with Crippen LogP contribution in [-0.2, 0) is 0 Å². The minimum Gasteiger partial charge on any atom is -0.353 e. The van der Waals surface area contributed by atoms with E-state index in [2.05, 4.69) is 15.2 Å². The van der Waals surface area contributed by atoms with Gasteiger partial charge in [-0.05, 0) is 20.8 Å². The minimum absolute atomic E-state index is 0.226. The highest BCUT2D eigenvalue weighted by Gasteiger charge is 2.24. The number of nitrogens with one attached hydrogen (secondary N) is 1. The lowest BCUT2D eigenvalue weighted by Crippen LogP contribution is -2.43. The average molecular weight is 270 g/mol. The number of hydrogen-bond donors (Lipinski definition) is 1. The molecule has 0 atom stereocenters. The summed E-state index contributed by atoms with van der Waals surface area (Å²) < 4.78 is 1.44. The molecule has 0 amide bonds. The molecule has 2 rings (SSSR count). The standard InChI is InChI=1S/C11H16ClN5O/c1-7-13-8(16(4)11(2,3)6-12)5-9-14-15-10(18)17(7)9/h5H,6H2,1-4H3,(H,15,18). The molecule has 0 spiro atoms. The molecule has 1 N–H and O–H groups in total. The minimum atomic E-state index is -0.277. The van der Waals surface area contributed by atoms with Crippen LogP contribution in [-0.4, -0.2) is 38.0 Å². The van der Waals surface area contributed by atoms with Gasteiger partial charge in [0, 0.05) is 24.5 Å². The molecule has 6 nitrogen and oxygen atoms in total. The molecule has 98 valence electrons. The van der Waals surface area contributed by atoms with Gasteiger partial charge in [0.25, 0.3) is 0 Å². The maximum Gasteiger partial charge on any atom is 0.349 e. The van der Waals surface area contributed by atoms with Crippen molar-refractivity contribution >= 4 is 23.1 Å². The van der Waals surface area contributed by atoms with Crippen LogP contribution in [0.25, 0.3) is 5.65 Å². The molecule has 0 aliphatic carbocycles. The van der Waals surface area contributed by atoms with Crippen molar-refractivity contribution in [2.75, 3.05) is 17.8 Å². The Hall–Kier alpha value is -1.56. The lowest BCUT2D eigenvalue weighted by molar-refractivity contribution is 0.539. The molecule has 0 aliphatic rings. The molecule has 7 heteroatoms. The monoisotopic (exact) mass is 269 g/mol. The SMILES string of the molecule is Cc1nc(N(C)C(C)(C)CCl)cc2n[nH]c(=O)n12. The molecule has 0 saturated carbocycles. The van der Waals surface area contributed by atoms with Gasteiger partial charge in [-0.15, -0.1) is 11.6 Å². The van der Waals surface area contributed by atoms with Crippen molar-refractivity contribution < 1.29 is 0 Å². The summed E-state index contributed by atoms with van der Waals surface area (Å²) in [6.07, 6.45) is 0. The molecule has 0 radical (unpaired) electrons. The van der Waals surface area contributed by atoms with Gasteiger partial charge in [0.1, 0.15) is 11.6 Å². The molecule has 0 fully saturated rings. The van der Waals surface area contributed by atoms with Gasteiger partial charge in [0.05, 0.1) is 0 Å². The smallest absolute Gasteiger partial charge is 0.349 e. The summed E-state index contributed by atoms with van der Waals surface area (Å²) >= 11 is 5.95. The van der Waals surface area contributed by atoms with Crippen LogP contribution < -0.4 is 10.6 Å². The first-order valence-corrected chi connectivity index (χ1v) is 6.15. The highest BCUT2D eigenvalue weighted by Crippen LogP contribution is 2.22. The number of anilines is 1. The first kappa shape index (κ1) is 12.9. The Labute approximate surface area is 110 Å². The van der Waals surface area contributed by atoms with Crippen LogP contribution in [0, 0.1) is 6.92 Å². The molecule has 18 heavy (non-hydrogen) atoms. The number of H-pyrrole nitrogens is 1. The number of hydrogen-bond acceptors (Lipinski definition) is 4. The maximum absolute atomic E-state index is 11.5. The van der Waals surface area contributed by atoms with Gasteiger partial charge < -0.3 is 4.90 Å². The fraction of sp³-hybridized carbons (Fsp3) is 0.545. The van der Waals surface area contributed by atoms with Crippen LogP contribution in [0.15, 0.2) is 10.9 Å². The highest BCUT2D eigenvalue weighted by atomic mass is 35.5. The van der Waals surface area contributed by atoms with E-state index >= 15 is 0 Å². The average Bonchev–Trinajstić information content (AvgIpc) is 2.70. The van der Waals surface area contributed by atoms with Gasteiger partial charge >= 0.3 is 5.69 Å². The molecule has 0 saturated heterocycles. The second-order valence-corrected chi connectivity index (χ2v) is 5.16. The zero-order valence-corrected chi connectivity index (χ0v) is 11.6. The summed E-state index contributed by atoms with van der Waals surface area (Å²) in [5.41, 5.74) is 0.0520. The maximum atomic E-state index is 11.5. The fourth-order valence-electron chi connectivity index (χ4n) is 1.65. The molecule has 0 bridgehead atoms. The number of aryl methyl sites for hydroxylation is 1. The van der Waals surface area contributed by atoms with E-state index in [0.717, 1.165) is 5.82 Å². The topological polar surface area (TPSA) is 66.3 Å². The Bertz CT molecular complexity index is 630. The van der Waals surface area contributed by atoms with E-state index in [1.54, 1.807) is 13.0 Å². The Morgan fingerprint density at radius 3 is 2.83 bits per heavy atom. The van der Waals surface area contributed by atoms with E-state index in [-0.39, 0.29) is 11.2 Å². The number of aromatic amines is 1. The van der Waals surface area contributed by atoms with Gasteiger partial charge in [-0.1, -0.05) is 0 Å². The number of rotatable bonds is 3. The second kappa shape index (κ2) is 4.28. The summed E-state index contributed by atoms with van der Waals surface area (Å²) in [6, 6.07) is 1.76. The normalized spacial score (nSPS) is 12.1. The molecule has 0 unspecified atom stereocenters. The van der Waals surface area contributed by atoms with E-state index in [9.17, 15) is 4.79 Å². The molecule has 0 aromatic carbocycles. The number of halogens is 1. The summed E-state index contributed by atoms with van der Waals surface area (Å²) in [4.78, 5) is 17.9. The van der Waals surface area contributed by atoms with Crippen molar-refractivity contribution in [3.05, 3.63) is 22.4 Å². The quantitative estimate of drug-likeness (QED) is 0.850. The van der Waals surface area contributed by atoms with Crippen LogP contribution in [0.5, 0.6) is 0 Å². The van der Waals surface area contributed by atoms with Crippen LogP contribution in [0.2, 0.25) is 0 Å². The third-order valence-corrected chi connectivity index (χ3v) is 3.79. The van der Waals surface area contributed by atoms with E-state index in [0.29, 0.717) is 17.4 Å². The Morgan fingerprint density at radius 2 is 2.22 bits per heavy atom. The fourth-order valence-corrected chi connectivity index (χ4v) is 1.83. The van der Waals surface area contributed by atoms with Crippen molar-refractivity contribution in [1.29, 1.82) is 0 Å². The van der Waals surface area contributed by atoms with Crippen LogP contribution in [0.4, 0.5) is 5.82 Å². The van der Waals surface area contributed by atoms with Gasteiger partial charge in [-0.25, -0.2) is 19.3 Å². The third-order valence-electron chi connectivity index (χ3n) is 3.14. The zero-order valence-electron chi connectivity index (χ0n) is 10.9. The van der Waals surface area contributed by atoms with Gasteiger partial charge in [0.15, 0.2) is 5.65 Å². The zero-order chi connectivity index (χ0) is 13.5. The van der Waals surface area contributed by atoms with Gasteiger partial charge in [0.2, 0.25) is 0 Å². The summed E-state index contributed by atoms with van der Waals surface area (Å²) in [7, 11) is 1.92. The van der Waals surface area contributed by atoms with E-state index in [1.807, 2.05) is 25.8 Å². The number of fused-ring (bicyclic) bond motifs is 1. The lowest BCUT2D eigenvalue weighted by atomic mass is 10.1. The Balaban J connectivity index is 2.57. The summed E-state index contributed by atoms with van der Waals surface area (Å²) in [5.74, 6) is 1.81. The first-order valence-electron chi connectivity index (χ1n) is 5.61. The van der Waals surface area contributed by atoms with Crippen LogP contribution in [0.1, 0.15) is 19.7 Å². The number of nitrogens with zero attached hydrogens (tertiary/aromatic N) is 4. The Morgan fingerprint density at radius 1 is 1.56 bits per heavy atom. The highest BCUT2D eigenvalue weighted by molar-refractivity contribution is 6.18. The summed E-state index contributed by atoms with van der Waals surface area (Å²) in [5, 5.41) is 6.36. The predicted octanol–water partition coefficient (Wildman–Crippen LogP) is 1.18.